The minimum absolute atomic E-state index is 0.177. The van der Waals surface area contributed by atoms with Crippen molar-refractivity contribution in [2.24, 2.45) is 0 Å². The van der Waals surface area contributed by atoms with Gasteiger partial charge in [-0.25, -0.2) is 12.8 Å². The molecule has 100 valence electrons. The lowest BCUT2D eigenvalue weighted by Crippen LogP contribution is -2.13. The van der Waals surface area contributed by atoms with E-state index >= 15 is 0 Å². The topological polar surface area (TPSA) is 46.2 Å². The molecule has 0 aliphatic carbocycles. The van der Waals surface area contributed by atoms with Gasteiger partial charge in [0.25, 0.3) is 10.0 Å². The number of rotatable bonds is 3. The Hall–Kier alpha value is -1.30. The summed E-state index contributed by atoms with van der Waals surface area (Å²) in [4.78, 5) is -0.177. The van der Waals surface area contributed by atoms with E-state index in [0.29, 0.717) is 10.0 Å². The summed E-state index contributed by atoms with van der Waals surface area (Å²) in [6, 6.07) is 8.98. The van der Waals surface area contributed by atoms with E-state index in [4.69, 9.17) is 23.2 Å². The number of nitrogens with one attached hydrogen (secondary N) is 1. The van der Waals surface area contributed by atoms with E-state index in [1.807, 2.05) is 0 Å². The Balaban J connectivity index is 2.36. The fourth-order valence-corrected chi connectivity index (χ4v) is 3.06. The fourth-order valence-electron chi connectivity index (χ4n) is 1.46. The van der Waals surface area contributed by atoms with Crippen molar-refractivity contribution in [1.29, 1.82) is 0 Å². The monoisotopic (exact) mass is 319 g/mol. The van der Waals surface area contributed by atoms with E-state index in [2.05, 4.69) is 4.72 Å². The van der Waals surface area contributed by atoms with Gasteiger partial charge >= 0.3 is 0 Å². The van der Waals surface area contributed by atoms with Gasteiger partial charge < -0.3 is 0 Å². The lowest BCUT2D eigenvalue weighted by atomic mass is 10.3. The molecule has 0 aromatic heterocycles. The maximum atomic E-state index is 13.0. The van der Waals surface area contributed by atoms with E-state index in [1.165, 1.54) is 30.3 Å². The summed E-state index contributed by atoms with van der Waals surface area (Å²) in [5, 5.41) is 0.592. The summed E-state index contributed by atoms with van der Waals surface area (Å²) in [5.74, 6) is -0.632. The molecular weight excluding hydrogens is 312 g/mol. The van der Waals surface area contributed by atoms with Crippen LogP contribution in [0.5, 0.6) is 0 Å². The number of anilines is 1. The predicted octanol–water partition coefficient (Wildman–Crippen LogP) is 3.93. The van der Waals surface area contributed by atoms with Crippen molar-refractivity contribution in [3.8, 4) is 0 Å². The van der Waals surface area contributed by atoms with Crippen LogP contribution in [0.2, 0.25) is 10.0 Å². The first kappa shape index (κ1) is 14.1. The van der Waals surface area contributed by atoms with Gasteiger partial charge in [0.15, 0.2) is 0 Å². The second kappa shape index (κ2) is 5.36. The predicted molar refractivity (Wildman–Crippen MR) is 73.7 cm³/mol. The van der Waals surface area contributed by atoms with Crippen molar-refractivity contribution in [3.63, 3.8) is 0 Å². The summed E-state index contributed by atoms with van der Waals surface area (Å²) in [7, 11) is -3.88. The molecule has 3 nitrogen and oxygen atoms in total. The molecule has 0 unspecified atom stereocenters. The van der Waals surface area contributed by atoms with Crippen LogP contribution in [0.4, 0.5) is 10.1 Å². The molecule has 0 atom stereocenters. The van der Waals surface area contributed by atoms with Gasteiger partial charge in [-0.05, 0) is 36.4 Å². The van der Waals surface area contributed by atoms with Gasteiger partial charge in [-0.2, -0.15) is 0 Å². The van der Waals surface area contributed by atoms with Gasteiger partial charge in [0, 0.05) is 10.0 Å². The van der Waals surface area contributed by atoms with Gasteiger partial charge in [-0.1, -0.05) is 29.3 Å². The van der Waals surface area contributed by atoms with Gasteiger partial charge in [0.05, 0.1) is 10.6 Å². The molecule has 2 aromatic rings. The largest absolute Gasteiger partial charge is 0.280 e. The molecular formula is C12H8Cl2FNO2S. The minimum atomic E-state index is -3.88. The van der Waals surface area contributed by atoms with Crippen LogP contribution in [-0.4, -0.2) is 8.42 Å². The third-order valence-electron chi connectivity index (χ3n) is 2.22. The number of halogens is 3. The van der Waals surface area contributed by atoms with Gasteiger partial charge in [-0.3, -0.25) is 4.72 Å². The quantitative estimate of drug-likeness (QED) is 0.931. The molecule has 0 bridgehead atoms. The zero-order valence-corrected chi connectivity index (χ0v) is 11.7. The number of benzene rings is 2. The number of hydrogen-bond donors (Lipinski definition) is 1. The maximum Gasteiger partial charge on any atom is 0.261 e. The van der Waals surface area contributed by atoms with Crippen molar-refractivity contribution in [2.45, 2.75) is 4.90 Å². The molecule has 0 saturated carbocycles. The molecule has 2 rings (SSSR count). The highest BCUT2D eigenvalue weighted by atomic mass is 35.5. The lowest BCUT2D eigenvalue weighted by molar-refractivity contribution is 0.595. The van der Waals surface area contributed by atoms with Crippen LogP contribution < -0.4 is 4.72 Å². The fraction of sp³-hybridized carbons (Fsp3) is 0. The van der Waals surface area contributed by atoms with Crippen molar-refractivity contribution in [1.82, 2.24) is 0 Å². The molecule has 1 N–H and O–H groups in total. The first-order valence-electron chi connectivity index (χ1n) is 5.11. The third kappa shape index (κ3) is 3.59. The summed E-state index contributed by atoms with van der Waals surface area (Å²) in [6.45, 7) is 0. The summed E-state index contributed by atoms with van der Waals surface area (Å²) >= 11 is 11.5. The lowest BCUT2D eigenvalue weighted by Gasteiger charge is -2.09. The highest BCUT2D eigenvalue weighted by Crippen LogP contribution is 2.24. The molecule has 0 saturated heterocycles. The number of hydrogen-bond acceptors (Lipinski definition) is 2. The van der Waals surface area contributed by atoms with Crippen molar-refractivity contribution < 1.29 is 12.8 Å². The molecule has 0 fully saturated rings. The molecule has 0 aliphatic heterocycles. The Labute approximate surface area is 120 Å². The Morgan fingerprint density at radius 3 is 2.21 bits per heavy atom. The van der Waals surface area contributed by atoms with Crippen molar-refractivity contribution >= 4 is 38.9 Å². The number of sulfonamides is 1. The highest BCUT2D eigenvalue weighted by molar-refractivity contribution is 7.92. The third-order valence-corrected chi connectivity index (χ3v) is 4.04. The van der Waals surface area contributed by atoms with Gasteiger partial charge in [0.2, 0.25) is 0 Å². The first-order valence-corrected chi connectivity index (χ1v) is 7.35. The van der Waals surface area contributed by atoms with E-state index in [1.54, 1.807) is 0 Å². The molecule has 2 aromatic carbocycles. The normalized spacial score (nSPS) is 11.3. The second-order valence-electron chi connectivity index (χ2n) is 3.72. The molecule has 0 aliphatic rings. The molecule has 7 heteroatoms. The minimum Gasteiger partial charge on any atom is -0.280 e. The van der Waals surface area contributed by atoms with Crippen LogP contribution >= 0.6 is 23.2 Å². The van der Waals surface area contributed by atoms with Gasteiger partial charge in [-0.15, -0.1) is 0 Å². The van der Waals surface area contributed by atoms with Crippen LogP contribution in [0, 0.1) is 5.82 Å². The van der Waals surface area contributed by atoms with Crippen LogP contribution in [0.3, 0.4) is 0 Å². The molecule has 19 heavy (non-hydrogen) atoms. The van der Waals surface area contributed by atoms with Crippen LogP contribution in [0.1, 0.15) is 0 Å². The average molecular weight is 320 g/mol. The zero-order valence-electron chi connectivity index (χ0n) is 9.40. The average Bonchev–Trinajstić information content (AvgIpc) is 2.26. The Kier molecular flexibility index (Phi) is 3.99. The summed E-state index contributed by atoms with van der Waals surface area (Å²) in [6.07, 6.45) is 0. The van der Waals surface area contributed by atoms with Crippen molar-refractivity contribution in [3.05, 3.63) is 58.3 Å². The van der Waals surface area contributed by atoms with Gasteiger partial charge in [0.1, 0.15) is 5.82 Å². The standard InChI is InChI=1S/C12H8Cl2FNO2S/c13-8-4-9(14)6-11(5-8)16-19(17,18)12-3-1-2-10(15)7-12/h1-7,16H. The van der Waals surface area contributed by atoms with E-state index in [0.717, 1.165) is 12.1 Å². The van der Waals surface area contributed by atoms with E-state index in [-0.39, 0.29) is 10.6 Å². The Morgan fingerprint density at radius 1 is 1.00 bits per heavy atom. The maximum absolute atomic E-state index is 13.0. The Morgan fingerprint density at radius 2 is 1.63 bits per heavy atom. The molecule has 0 radical (unpaired) electrons. The summed E-state index contributed by atoms with van der Waals surface area (Å²) < 4.78 is 39.3. The molecule has 0 heterocycles. The van der Waals surface area contributed by atoms with Crippen molar-refractivity contribution in [2.75, 3.05) is 4.72 Å². The Bertz CT molecular complexity index is 699. The SMILES string of the molecule is O=S(=O)(Nc1cc(Cl)cc(Cl)c1)c1cccc(F)c1. The summed E-state index contributed by atoms with van der Waals surface area (Å²) in [5.41, 5.74) is 0.210. The van der Waals surface area contributed by atoms with E-state index < -0.39 is 15.8 Å². The smallest absolute Gasteiger partial charge is 0.261 e. The van der Waals surface area contributed by atoms with Crippen LogP contribution in [-0.2, 0) is 10.0 Å². The van der Waals surface area contributed by atoms with Crippen LogP contribution in [0.25, 0.3) is 0 Å². The second-order valence-corrected chi connectivity index (χ2v) is 6.28. The van der Waals surface area contributed by atoms with E-state index in [9.17, 15) is 12.8 Å². The zero-order chi connectivity index (χ0) is 14.0. The molecule has 0 spiro atoms. The highest BCUT2D eigenvalue weighted by Gasteiger charge is 2.15. The van der Waals surface area contributed by atoms with Crippen LogP contribution in [0.15, 0.2) is 47.4 Å². The first-order chi connectivity index (χ1) is 8.87. The molecule has 0 amide bonds.